The molecule has 0 aliphatic heterocycles. The van der Waals surface area contributed by atoms with Crippen LogP contribution in [0.2, 0.25) is 5.28 Å². The van der Waals surface area contributed by atoms with Crippen LogP contribution in [0.4, 0.5) is 5.82 Å². The van der Waals surface area contributed by atoms with Crippen molar-refractivity contribution in [3.63, 3.8) is 0 Å². The highest BCUT2D eigenvalue weighted by atomic mass is 35.5. The summed E-state index contributed by atoms with van der Waals surface area (Å²) in [7, 11) is 0. The van der Waals surface area contributed by atoms with E-state index >= 15 is 0 Å². The van der Waals surface area contributed by atoms with Crippen LogP contribution in [-0.4, -0.2) is 19.5 Å². The molecule has 0 fully saturated rings. The molecular weight excluding hydrogens is 226 g/mol. The number of nitrogens with zero attached hydrogens (tertiary/aromatic N) is 4. The molecule has 0 atom stereocenters. The summed E-state index contributed by atoms with van der Waals surface area (Å²) in [5, 5.41) is 0.165. The minimum Gasteiger partial charge on any atom is -0.382 e. The SMILES string of the molecule is CCC(CC)n1cnc2c(N)nc(Cl)nc21. The minimum absolute atomic E-state index is 0.165. The monoisotopic (exact) mass is 239 g/mol. The second-order valence-corrected chi connectivity index (χ2v) is 4.01. The van der Waals surface area contributed by atoms with Crippen LogP contribution in [0.15, 0.2) is 6.33 Å². The molecule has 0 amide bonds. The zero-order valence-electron chi connectivity index (χ0n) is 9.31. The molecule has 6 heteroatoms. The van der Waals surface area contributed by atoms with Gasteiger partial charge in [0.2, 0.25) is 5.28 Å². The molecule has 5 nitrogen and oxygen atoms in total. The molecule has 0 saturated carbocycles. The molecule has 0 radical (unpaired) electrons. The molecule has 86 valence electrons. The number of halogens is 1. The molecule has 0 aliphatic rings. The third-order valence-electron chi connectivity index (χ3n) is 2.76. The molecular formula is C10H14ClN5. The van der Waals surface area contributed by atoms with E-state index in [9.17, 15) is 0 Å². The van der Waals surface area contributed by atoms with Crippen molar-refractivity contribution in [3.05, 3.63) is 11.6 Å². The van der Waals surface area contributed by atoms with Gasteiger partial charge in [-0.3, -0.25) is 0 Å². The van der Waals surface area contributed by atoms with Gasteiger partial charge in [-0.2, -0.15) is 9.97 Å². The van der Waals surface area contributed by atoms with Crippen LogP contribution in [0.3, 0.4) is 0 Å². The molecule has 2 heterocycles. The number of hydrogen-bond donors (Lipinski definition) is 1. The van der Waals surface area contributed by atoms with Gasteiger partial charge in [0.05, 0.1) is 6.33 Å². The van der Waals surface area contributed by atoms with Crippen LogP contribution in [0.5, 0.6) is 0 Å². The Morgan fingerprint density at radius 2 is 2.06 bits per heavy atom. The first-order valence-corrected chi connectivity index (χ1v) is 5.70. The Kier molecular flexibility index (Phi) is 2.96. The summed E-state index contributed by atoms with van der Waals surface area (Å²) in [5.41, 5.74) is 7.08. The number of hydrogen-bond acceptors (Lipinski definition) is 4. The van der Waals surface area contributed by atoms with Crippen molar-refractivity contribution < 1.29 is 0 Å². The first-order chi connectivity index (χ1) is 7.67. The predicted octanol–water partition coefficient (Wildman–Crippen LogP) is 2.42. The molecule has 0 saturated heterocycles. The van der Waals surface area contributed by atoms with Gasteiger partial charge in [0.25, 0.3) is 0 Å². The van der Waals surface area contributed by atoms with Crippen LogP contribution < -0.4 is 5.73 Å². The number of anilines is 1. The molecule has 2 aromatic heterocycles. The Morgan fingerprint density at radius 3 is 2.69 bits per heavy atom. The molecule has 2 N–H and O–H groups in total. The van der Waals surface area contributed by atoms with E-state index < -0.39 is 0 Å². The summed E-state index contributed by atoms with van der Waals surface area (Å²) in [5.74, 6) is 0.333. The van der Waals surface area contributed by atoms with Crippen molar-refractivity contribution in [1.29, 1.82) is 0 Å². The van der Waals surface area contributed by atoms with E-state index in [-0.39, 0.29) is 5.28 Å². The third kappa shape index (κ3) is 1.71. The van der Waals surface area contributed by atoms with Gasteiger partial charge in [-0.05, 0) is 24.4 Å². The van der Waals surface area contributed by atoms with Gasteiger partial charge < -0.3 is 10.3 Å². The highest BCUT2D eigenvalue weighted by Crippen LogP contribution is 2.24. The highest BCUT2D eigenvalue weighted by molar-refractivity contribution is 6.28. The highest BCUT2D eigenvalue weighted by Gasteiger charge is 2.14. The van der Waals surface area contributed by atoms with E-state index in [1.165, 1.54) is 0 Å². The maximum Gasteiger partial charge on any atom is 0.226 e. The summed E-state index contributed by atoms with van der Waals surface area (Å²) in [6.07, 6.45) is 3.79. The summed E-state index contributed by atoms with van der Waals surface area (Å²) in [6.45, 7) is 4.26. The van der Waals surface area contributed by atoms with Gasteiger partial charge in [0.15, 0.2) is 11.5 Å². The Bertz CT molecular complexity index is 503. The largest absolute Gasteiger partial charge is 0.382 e. The van der Waals surface area contributed by atoms with Crippen molar-refractivity contribution >= 4 is 28.6 Å². The van der Waals surface area contributed by atoms with Crippen LogP contribution in [-0.2, 0) is 0 Å². The van der Waals surface area contributed by atoms with Gasteiger partial charge in [0.1, 0.15) is 5.52 Å². The number of rotatable bonds is 3. The van der Waals surface area contributed by atoms with Crippen molar-refractivity contribution in [2.75, 3.05) is 5.73 Å². The normalized spacial score (nSPS) is 11.5. The Balaban J connectivity index is 2.63. The Morgan fingerprint density at radius 1 is 1.38 bits per heavy atom. The lowest BCUT2D eigenvalue weighted by atomic mass is 10.2. The molecule has 0 spiro atoms. The van der Waals surface area contributed by atoms with E-state index in [4.69, 9.17) is 17.3 Å². The lowest BCUT2D eigenvalue weighted by Crippen LogP contribution is -2.07. The van der Waals surface area contributed by atoms with Crippen LogP contribution in [0.1, 0.15) is 32.7 Å². The quantitative estimate of drug-likeness (QED) is 0.836. The van der Waals surface area contributed by atoms with Crippen LogP contribution in [0, 0.1) is 0 Å². The topological polar surface area (TPSA) is 69.6 Å². The van der Waals surface area contributed by atoms with E-state index in [1.807, 2.05) is 4.57 Å². The third-order valence-corrected chi connectivity index (χ3v) is 2.93. The second-order valence-electron chi connectivity index (χ2n) is 3.67. The number of aromatic nitrogens is 4. The maximum atomic E-state index is 5.80. The summed E-state index contributed by atoms with van der Waals surface area (Å²) in [4.78, 5) is 12.3. The van der Waals surface area contributed by atoms with Gasteiger partial charge in [0, 0.05) is 6.04 Å². The molecule has 0 unspecified atom stereocenters. The summed E-state index contributed by atoms with van der Waals surface area (Å²) in [6, 6.07) is 0.371. The van der Waals surface area contributed by atoms with E-state index in [0.29, 0.717) is 23.0 Å². The van der Waals surface area contributed by atoms with Crippen LogP contribution in [0.25, 0.3) is 11.2 Å². The first kappa shape index (κ1) is 11.1. The average molecular weight is 240 g/mol. The average Bonchev–Trinajstić information content (AvgIpc) is 2.64. The van der Waals surface area contributed by atoms with Crippen molar-refractivity contribution in [1.82, 2.24) is 19.5 Å². The van der Waals surface area contributed by atoms with E-state index in [2.05, 4.69) is 28.8 Å². The van der Waals surface area contributed by atoms with Crippen molar-refractivity contribution in [2.24, 2.45) is 0 Å². The van der Waals surface area contributed by atoms with Gasteiger partial charge >= 0.3 is 0 Å². The van der Waals surface area contributed by atoms with Gasteiger partial charge in [-0.15, -0.1) is 0 Å². The standard InChI is InChI=1S/C10H14ClN5/c1-3-6(4-2)16-5-13-7-8(12)14-10(11)15-9(7)16/h5-6H,3-4H2,1-2H3,(H2,12,14,15). The number of nitrogens with two attached hydrogens (primary N) is 1. The van der Waals surface area contributed by atoms with Crippen molar-refractivity contribution in [2.45, 2.75) is 32.7 Å². The molecule has 2 aromatic rings. The zero-order chi connectivity index (χ0) is 11.7. The number of fused-ring (bicyclic) bond motifs is 1. The van der Waals surface area contributed by atoms with Crippen molar-refractivity contribution in [3.8, 4) is 0 Å². The predicted molar refractivity (Wildman–Crippen MR) is 64.4 cm³/mol. The minimum atomic E-state index is 0.165. The number of imidazole rings is 1. The zero-order valence-corrected chi connectivity index (χ0v) is 10.1. The molecule has 0 aromatic carbocycles. The summed E-state index contributed by atoms with van der Waals surface area (Å²) >= 11 is 5.80. The van der Waals surface area contributed by atoms with E-state index in [0.717, 1.165) is 12.8 Å². The van der Waals surface area contributed by atoms with Gasteiger partial charge in [-0.1, -0.05) is 13.8 Å². The van der Waals surface area contributed by atoms with Gasteiger partial charge in [-0.25, -0.2) is 4.98 Å². The van der Waals surface area contributed by atoms with E-state index in [1.54, 1.807) is 6.33 Å². The fraction of sp³-hybridized carbons (Fsp3) is 0.500. The Labute approximate surface area is 98.7 Å². The molecule has 0 aliphatic carbocycles. The Hall–Kier alpha value is -1.36. The first-order valence-electron chi connectivity index (χ1n) is 5.32. The fourth-order valence-corrected chi connectivity index (χ4v) is 2.03. The number of nitrogen functional groups attached to an aromatic ring is 1. The molecule has 2 rings (SSSR count). The molecule has 0 bridgehead atoms. The molecule has 16 heavy (non-hydrogen) atoms. The lowest BCUT2D eigenvalue weighted by Gasteiger charge is -2.14. The lowest BCUT2D eigenvalue weighted by molar-refractivity contribution is 0.480. The smallest absolute Gasteiger partial charge is 0.226 e. The maximum absolute atomic E-state index is 5.80. The fourth-order valence-electron chi connectivity index (χ4n) is 1.86. The second kappa shape index (κ2) is 4.25. The summed E-state index contributed by atoms with van der Waals surface area (Å²) < 4.78 is 2.01. The van der Waals surface area contributed by atoms with Crippen LogP contribution >= 0.6 is 11.6 Å².